The summed E-state index contributed by atoms with van der Waals surface area (Å²) in [6, 6.07) is 8.58. The Kier molecular flexibility index (Phi) is 3.85. The van der Waals surface area contributed by atoms with Crippen molar-refractivity contribution in [3.63, 3.8) is 0 Å². The molecule has 0 amide bonds. The van der Waals surface area contributed by atoms with Crippen LogP contribution in [-0.2, 0) is 17.7 Å². The summed E-state index contributed by atoms with van der Waals surface area (Å²) in [5.74, 6) is 0. The Bertz CT molecular complexity index is 579. The first-order valence-electron chi connectivity index (χ1n) is 7.25. The van der Waals surface area contributed by atoms with E-state index in [4.69, 9.17) is 10.5 Å². The average molecular weight is 271 g/mol. The molecular formula is C16H21N3O. The van der Waals surface area contributed by atoms with Crippen LogP contribution in [0.5, 0.6) is 0 Å². The molecular weight excluding hydrogens is 250 g/mol. The van der Waals surface area contributed by atoms with Crippen LogP contribution in [0.2, 0.25) is 0 Å². The Morgan fingerprint density at radius 2 is 2.30 bits per heavy atom. The third kappa shape index (κ3) is 2.62. The van der Waals surface area contributed by atoms with Gasteiger partial charge < -0.3 is 10.5 Å². The second-order valence-electron chi connectivity index (χ2n) is 5.32. The Hall–Kier alpha value is -1.65. The summed E-state index contributed by atoms with van der Waals surface area (Å²) < 4.78 is 7.85. The van der Waals surface area contributed by atoms with Gasteiger partial charge in [0.15, 0.2) is 0 Å². The number of rotatable bonds is 4. The maximum atomic E-state index is 6.03. The van der Waals surface area contributed by atoms with Crippen LogP contribution >= 0.6 is 0 Å². The van der Waals surface area contributed by atoms with Gasteiger partial charge in [-0.2, -0.15) is 5.10 Å². The van der Waals surface area contributed by atoms with Crippen molar-refractivity contribution in [3.05, 3.63) is 53.3 Å². The molecule has 0 saturated carbocycles. The summed E-state index contributed by atoms with van der Waals surface area (Å²) in [6.45, 7) is 3.61. The minimum Gasteiger partial charge on any atom is -0.371 e. The van der Waals surface area contributed by atoms with Crippen molar-refractivity contribution in [3.8, 4) is 0 Å². The molecule has 2 N–H and O–H groups in total. The molecule has 2 atom stereocenters. The monoisotopic (exact) mass is 271 g/mol. The van der Waals surface area contributed by atoms with E-state index in [9.17, 15) is 0 Å². The Morgan fingerprint density at radius 3 is 3.15 bits per heavy atom. The fraction of sp³-hybridized carbons (Fsp3) is 0.438. The molecule has 2 aromatic rings. The van der Waals surface area contributed by atoms with Gasteiger partial charge in [0.05, 0.1) is 19.3 Å². The molecule has 0 spiro atoms. The van der Waals surface area contributed by atoms with Crippen LogP contribution in [0.4, 0.5) is 0 Å². The predicted octanol–water partition coefficient (Wildman–Crippen LogP) is 2.61. The van der Waals surface area contributed by atoms with Crippen LogP contribution in [0.3, 0.4) is 0 Å². The zero-order valence-electron chi connectivity index (χ0n) is 11.8. The number of hydrogen-bond donors (Lipinski definition) is 1. The Balaban J connectivity index is 1.77. The number of benzene rings is 1. The normalized spacial score (nSPS) is 19.6. The first kappa shape index (κ1) is 13.3. The zero-order valence-corrected chi connectivity index (χ0v) is 11.8. The molecule has 1 aliphatic rings. The van der Waals surface area contributed by atoms with Crippen molar-refractivity contribution in [2.24, 2.45) is 5.73 Å². The van der Waals surface area contributed by atoms with Gasteiger partial charge in [-0.05, 0) is 24.0 Å². The van der Waals surface area contributed by atoms with Crippen LogP contribution < -0.4 is 5.73 Å². The summed E-state index contributed by atoms with van der Waals surface area (Å²) in [5.41, 5.74) is 9.80. The van der Waals surface area contributed by atoms with E-state index in [1.807, 2.05) is 17.1 Å². The van der Waals surface area contributed by atoms with E-state index < -0.39 is 0 Å². The molecule has 3 rings (SSSR count). The van der Waals surface area contributed by atoms with E-state index >= 15 is 0 Å². The molecule has 20 heavy (non-hydrogen) atoms. The van der Waals surface area contributed by atoms with Crippen LogP contribution in [0.1, 0.15) is 42.2 Å². The first-order valence-corrected chi connectivity index (χ1v) is 7.25. The fourth-order valence-corrected chi connectivity index (χ4v) is 2.70. The second kappa shape index (κ2) is 5.77. The van der Waals surface area contributed by atoms with Crippen molar-refractivity contribution in [2.75, 3.05) is 6.61 Å². The van der Waals surface area contributed by atoms with Gasteiger partial charge in [0.25, 0.3) is 0 Å². The molecule has 0 aliphatic carbocycles. The van der Waals surface area contributed by atoms with Crippen molar-refractivity contribution in [1.29, 1.82) is 0 Å². The Labute approximate surface area is 119 Å². The van der Waals surface area contributed by atoms with Gasteiger partial charge in [-0.15, -0.1) is 0 Å². The molecule has 2 heterocycles. The van der Waals surface area contributed by atoms with Gasteiger partial charge in [-0.1, -0.05) is 31.2 Å². The largest absolute Gasteiger partial charge is 0.371 e. The molecule has 1 aliphatic heterocycles. The highest BCUT2D eigenvalue weighted by Gasteiger charge is 2.21. The van der Waals surface area contributed by atoms with Gasteiger partial charge in [0.2, 0.25) is 0 Å². The topological polar surface area (TPSA) is 53.1 Å². The van der Waals surface area contributed by atoms with Gasteiger partial charge in [-0.3, -0.25) is 4.68 Å². The SMILES string of the molecule is CCC(N)c1cnn(CC2OCCc3ccccc32)c1. The number of nitrogens with two attached hydrogens (primary N) is 1. The maximum absolute atomic E-state index is 6.03. The van der Waals surface area contributed by atoms with E-state index in [2.05, 4.69) is 36.3 Å². The number of aromatic nitrogens is 2. The molecule has 4 heteroatoms. The van der Waals surface area contributed by atoms with Crippen LogP contribution in [0.15, 0.2) is 36.7 Å². The van der Waals surface area contributed by atoms with E-state index in [-0.39, 0.29) is 12.1 Å². The lowest BCUT2D eigenvalue weighted by molar-refractivity contribution is 0.0283. The van der Waals surface area contributed by atoms with Crippen LogP contribution in [0.25, 0.3) is 0 Å². The Morgan fingerprint density at radius 1 is 1.45 bits per heavy atom. The van der Waals surface area contributed by atoms with E-state index in [0.717, 1.165) is 31.6 Å². The van der Waals surface area contributed by atoms with Crippen molar-refractivity contribution in [2.45, 2.75) is 38.5 Å². The number of nitrogens with zero attached hydrogens (tertiary/aromatic N) is 2. The standard InChI is InChI=1S/C16H21N3O/c1-2-15(17)13-9-18-19(10-13)11-16-14-6-4-3-5-12(14)7-8-20-16/h3-6,9-10,15-16H,2,7-8,11,17H2,1H3. The molecule has 1 aromatic heterocycles. The van der Waals surface area contributed by atoms with Crippen molar-refractivity contribution < 1.29 is 4.74 Å². The van der Waals surface area contributed by atoms with E-state index in [1.165, 1.54) is 11.1 Å². The third-order valence-electron chi connectivity index (χ3n) is 3.97. The minimum absolute atomic E-state index is 0.0725. The third-order valence-corrected chi connectivity index (χ3v) is 3.97. The molecule has 106 valence electrons. The predicted molar refractivity (Wildman–Crippen MR) is 78.3 cm³/mol. The molecule has 4 nitrogen and oxygen atoms in total. The molecule has 0 saturated heterocycles. The van der Waals surface area contributed by atoms with Crippen molar-refractivity contribution >= 4 is 0 Å². The van der Waals surface area contributed by atoms with Crippen LogP contribution in [0, 0.1) is 0 Å². The lowest BCUT2D eigenvalue weighted by atomic mass is 9.98. The van der Waals surface area contributed by atoms with E-state index in [0.29, 0.717) is 0 Å². The smallest absolute Gasteiger partial charge is 0.102 e. The number of hydrogen-bond acceptors (Lipinski definition) is 3. The highest BCUT2D eigenvalue weighted by Crippen LogP contribution is 2.28. The van der Waals surface area contributed by atoms with E-state index in [1.54, 1.807) is 0 Å². The second-order valence-corrected chi connectivity index (χ2v) is 5.32. The molecule has 1 aromatic carbocycles. The number of ether oxygens (including phenoxy) is 1. The summed E-state index contributed by atoms with van der Waals surface area (Å²) in [4.78, 5) is 0. The molecule has 0 radical (unpaired) electrons. The first-order chi connectivity index (χ1) is 9.78. The van der Waals surface area contributed by atoms with Gasteiger partial charge in [0, 0.05) is 17.8 Å². The quantitative estimate of drug-likeness (QED) is 0.930. The van der Waals surface area contributed by atoms with Crippen molar-refractivity contribution in [1.82, 2.24) is 9.78 Å². The highest BCUT2D eigenvalue weighted by molar-refractivity contribution is 5.30. The van der Waals surface area contributed by atoms with Gasteiger partial charge in [-0.25, -0.2) is 0 Å². The average Bonchev–Trinajstić information content (AvgIpc) is 2.95. The summed E-state index contributed by atoms with van der Waals surface area (Å²) in [6.07, 6.45) is 5.91. The van der Waals surface area contributed by atoms with Crippen LogP contribution in [-0.4, -0.2) is 16.4 Å². The van der Waals surface area contributed by atoms with Gasteiger partial charge in [0.1, 0.15) is 6.10 Å². The lowest BCUT2D eigenvalue weighted by Crippen LogP contribution is -2.20. The minimum atomic E-state index is 0.0725. The summed E-state index contributed by atoms with van der Waals surface area (Å²) in [5, 5.41) is 4.41. The number of fused-ring (bicyclic) bond motifs is 1. The highest BCUT2D eigenvalue weighted by atomic mass is 16.5. The molecule has 2 unspecified atom stereocenters. The summed E-state index contributed by atoms with van der Waals surface area (Å²) >= 11 is 0. The fourth-order valence-electron chi connectivity index (χ4n) is 2.70. The lowest BCUT2D eigenvalue weighted by Gasteiger charge is -2.26. The molecule has 0 fully saturated rings. The molecule has 0 bridgehead atoms. The zero-order chi connectivity index (χ0) is 13.9. The summed E-state index contributed by atoms with van der Waals surface area (Å²) in [7, 11) is 0. The maximum Gasteiger partial charge on any atom is 0.102 e. The van der Waals surface area contributed by atoms with Gasteiger partial charge >= 0.3 is 0 Å².